The van der Waals surface area contributed by atoms with E-state index in [1.54, 1.807) is 36.4 Å². The first-order chi connectivity index (χ1) is 11.4. The molecule has 0 saturated heterocycles. The van der Waals surface area contributed by atoms with E-state index in [9.17, 15) is 13.2 Å². The van der Waals surface area contributed by atoms with E-state index in [-0.39, 0.29) is 10.6 Å². The Bertz CT molecular complexity index is 821. The van der Waals surface area contributed by atoms with Crippen molar-refractivity contribution in [2.75, 3.05) is 25.1 Å². The number of anilines is 1. The van der Waals surface area contributed by atoms with Gasteiger partial charge < -0.3 is 9.47 Å². The third-order valence-corrected chi connectivity index (χ3v) is 5.56. The molecule has 128 valence electrons. The molecule has 0 fully saturated rings. The predicted molar refractivity (Wildman–Crippen MR) is 93.7 cm³/mol. The number of carbonyl (C=O) groups excluding carboxylic acids is 1. The molecule has 0 heterocycles. The standard InChI is InChI=1S/C16H16BrNO5S/c1-22-15-6-4-3-5-14(15)18(11-16(19)23-2)24(20,21)13-9-7-12(17)8-10-13/h3-10H,11H2,1-2H3. The van der Waals surface area contributed by atoms with Crippen LogP contribution in [0.5, 0.6) is 5.75 Å². The van der Waals surface area contributed by atoms with Gasteiger partial charge in [0.1, 0.15) is 12.3 Å². The van der Waals surface area contributed by atoms with Crippen molar-refractivity contribution in [1.82, 2.24) is 0 Å². The molecule has 0 atom stereocenters. The smallest absolute Gasteiger partial charge is 0.326 e. The number of benzene rings is 2. The molecule has 24 heavy (non-hydrogen) atoms. The molecule has 0 bridgehead atoms. The first-order valence-electron chi connectivity index (χ1n) is 6.88. The molecular formula is C16H16BrNO5S. The molecule has 0 radical (unpaired) electrons. The van der Waals surface area contributed by atoms with Crippen molar-refractivity contribution in [3.8, 4) is 5.75 Å². The van der Waals surface area contributed by atoms with Gasteiger partial charge in [-0.15, -0.1) is 0 Å². The van der Waals surface area contributed by atoms with Crippen molar-refractivity contribution in [3.05, 3.63) is 53.0 Å². The molecule has 8 heteroatoms. The minimum Gasteiger partial charge on any atom is -0.495 e. The molecule has 0 aliphatic carbocycles. The molecule has 2 rings (SSSR count). The van der Waals surface area contributed by atoms with Crippen LogP contribution in [0.3, 0.4) is 0 Å². The topological polar surface area (TPSA) is 72.9 Å². The molecule has 0 amide bonds. The molecular weight excluding hydrogens is 398 g/mol. The molecule has 0 spiro atoms. The van der Waals surface area contributed by atoms with Gasteiger partial charge in [-0.25, -0.2) is 8.42 Å². The first kappa shape index (κ1) is 18.3. The number of carbonyl (C=O) groups is 1. The van der Waals surface area contributed by atoms with E-state index in [2.05, 4.69) is 20.7 Å². The number of rotatable bonds is 6. The minimum atomic E-state index is -3.98. The van der Waals surface area contributed by atoms with Gasteiger partial charge in [0.05, 0.1) is 24.8 Å². The lowest BCUT2D eigenvalue weighted by atomic mass is 10.3. The van der Waals surface area contributed by atoms with E-state index in [0.29, 0.717) is 5.75 Å². The Morgan fingerprint density at radius 2 is 1.71 bits per heavy atom. The van der Waals surface area contributed by atoms with Gasteiger partial charge in [-0.3, -0.25) is 9.10 Å². The maximum absolute atomic E-state index is 13.0. The fraction of sp³-hybridized carbons (Fsp3) is 0.188. The molecule has 0 N–H and O–H groups in total. The second kappa shape index (κ2) is 7.67. The number of esters is 1. The van der Waals surface area contributed by atoms with Crippen molar-refractivity contribution < 1.29 is 22.7 Å². The quantitative estimate of drug-likeness (QED) is 0.680. The van der Waals surface area contributed by atoms with Crippen LogP contribution in [0.2, 0.25) is 0 Å². The van der Waals surface area contributed by atoms with Crippen LogP contribution in [0.4, 0.5) is 5.69 Å². The zero-order valence-electron chi connectivity index (χ0n) is 13.1. The first-order valence-corrected chi connectivity index (χ1v) is 9.11. The summed E-state index contributed by atoms with van der Waals surface area (Å²) in [7, 11) is -1.34. The number of para-hydroxylation sites is 2. The largest absolute Gasteiger partial charge is 0.495 e. The number of hydrogen-bond donors (Lipinski definition) is 0. The summed E-state index contributed by atoms with van der Waals surface area (Å²) in [6.45, 7) is -0.463. The predicted octanol–water partition coefficient (Wildman–Crippen LogP) is 2.83. The van der Waals surface area contributed by atoms with Gasteiger partial charge in [0, 0.05) is 4.47 Å². The maximum atomic E-state index is 13.0. The van der Waals surface area contributed by atoms with Crippen molar-refractivity contribution in [1.29, 1.82) is 0 Å². The van der Waals surface area contributed by atoms with Crippen molar-refractivity contribution in [2.45, 2.75) is 4.90 Å². The van der Waals surface area contributed by atoms with E-state index in [0.717, 1.165) is 8.78 Å². The molecule has 0 unspecified atom stereocenters. The second-order valence-electron chi connectivity index (χ2n) is 4.71. The van der Waals surface area contributed by atoms with Gasteiger partial charge in [0.15, 0.2) is 0 Å². The lowest BCUT2D eigenvalue weighted by Gasteiger charge is -2.25. The summed E-state index contributed by atoms with van der Waals surface area (Å²) in [6.07, 6.45) is 0. The van der Waals surface area contributed by atoms with E-state index in [4.69, 9.17) is 4.74 Å². The van der Waals surface area contributed by atoms with E-state index >= 15 is 0 Å². The zero-order valence-corrected chi connectivity index (χ0v) is 15.5. The van der Waals surface area contributed by atoms with Gasteiger partial charge in [0.25, 0.3) is 10.0 Å². The van der Waals surface area contributed by atoms with Gasteiger partial charge in [0.2, 0.25) is 0 Å². The van der Waals surface area contributed by atoms with Crippen molar-refractivity contribution in [2.24, 2.45) is 0 Å². The van der Waals surface area contributed by atoms with Crippen LogP contribution < -0.4 is 9.04 Å². The Morgan fingerprint density at radius 1 is 1.08 bits per heavy atom. The third-order valence-electron chi connectivity index (χ3n) is 3.26. The summed E-state index contributed by atoms with van der Waals surface area (Å²) in [5.41, 5.74) is 0.258. The van der Waals surface area contributed by atoms with Gasteiger partial charge in [-0.1, -0.05) is 28.1 Å². The summed E-state index contributed by atoms with van der Waals surface area (Å²) >= 11 is 3.27. The average Bonchev–Trinajstić information content (AvgIpc) is 2.59. The van der Waals surface area contributed by atoms with Gasteiger partial charge in [-0.05, 0) is 36.4 Å². The van der Waals surface area contributed by atoms with Crippen LogP contribution in [0.1, 0.15) is 0 Å². The Hall–Kier alpha value is -2.06. The summed E-state index contributed by atoms with van der Waals surface area (Å²) < 4.78 is 37.6. The van der Waals surface area contributed by atoms with E-state index in [1.165, 1.54) is 26.4 Å². The summed E-state index contributed by atoms with van der Waals surface area (Å²) in [6, 6.07) is 12.7. The number of sulfonamides is 1. The highest BCUT2D eigenvalue weighted by Gasteiger charge is 2.29. The van der Waals surface area contributed by atoms with Crippen molar-refractivity contribution in [3.63, 3.8) is 0 Å². The zero-order chi connectivity index (χ0) is 17.7. The number of ether oxygens (including phenoxy) is 2. The maximum Gasteiger partial charge on any atom is 0.326 e. The lowest BCUT2D eigenvalue weighted by Crippen LogP contribution is -2.36. The minimum absolute atomic E-state index is 0.0560. The van der Waals surface area contributed by atoms with Crippen molar-refractivity contribution >= 4 is 37.6 Å². The highest BCUT2D eigenvalue weighted by molar-refractivity contribution is 9.10. The average molecular weight is 414 g/mol. The molecule has 0 aliphatic heterocycles. The van der Waals surface area contributed by atoms with Crippen LogP contribution in [0.25, 0.3) is 0 Å². The Morgan fingerprint density at radius 3 is 2.29 bits per heavy atom. The number of nitrogens with zero attached hydrogens (tertiary/aromatic N) is 1. The molecule has 0 saturated carbocycles. The summed E-state index contributed by atoms with van der Waals surface area (Å²) in [5.74, 6) is -0.344. The third kappa shape index (κ3) is 3.88. The monoisotopic (exact) mass is 413 g/mol. The summed E-state index contributed by atoms with van der Waals surface area (Å²) in [4.78, 5) is 11.8. The highest BCUT2D eigenvalue weighted by Crippen LogP contribution is 2.32. The molecule has 2 aromatic carbocycles. The van der Waals surface area contributed by atoms with E-state index in [1.807, 2.05) is 0 Å². The summed E-state index contributed by atoms with van der Waals surface area (Å²) in [5, 5.41) is 0. The van der Waals surface area contributed by atoms with Crippen LogP contribution in [0, 0.1) is 0 Å². The number of hydrogen-bond acceptors (Lipinski definition) is 5. The van der Waals surface area contributed by atoms with Crippen LogP contribution in [0.15, 0.2) is 57.9 Å². The van der Waals surface area contributed by atoms with Crippen LogP contribution in [-0.4, -0.2) is 35.2 Å². The fourth-order valence-electron chi connectivity index (χ4n) is 2.05. The fourth-order valence-corrected chi connectivity index (χ4v) is 3.74. The molecule has 0 aliphatic rings. The van der Waals surface area contributed by atoms with Gasteiger partial charge in [-0.2, -0.15) is 0 Å². The van der Waals surface area contributed by atoms with E-state index < -0.39 is 22.5 Å². The number of halogens is 1. The van der Waals surface area contributed by atoms with Crippen LogP contribution >= 0.6 is 15.9 Å². The second-order valence-corrected chi connectivity index (χ2v) is 7.49. The Balaban J connectivity index is 2.57. The Labute approximate surface area is 149 Å². The van der Waals surface area contributed by atoms with Crippen LogP contribution in [-0.2, 0) is 19.6 Å². The normalized spacial score (nSPS) is 11.0. The Kier molecular flexibility index (Phi) is 5.84. The number of methoxy groups -OCH3 is 2. The highest BCUT2D eigenvalue weighted by atomic mass is 79.9. The van der Waals surface area contributed by atoms with Gasteiger partial charge >= 0.3 is 5.97 Å². The molecule has 6 nitrogen and oxygen atoms in total. The molecule has 2 aromatic rings. The molecule has 0 aromatic heterocycles. The lowest BCUT2D eigenvalue weighted by molar-refractivity contribution is -0.138. The SMILES string of the molecule is COC(=O)CN(c1ccccc1OC)S(=O)(=O)c1ccc(Br)cc1.